The molecule has 3 heterocycles. The van der Waals surface area contributed by atoms with Gasteiger partial charge in [-0.2, -0.15) is 0 Å². The Balaban J connectivity index is 1.51. The molecule has 5 atom stereocenters. The standard InChI is InChI=1S/C16H18O3/c1-2-7-13-10(4-1)9-17-16(19-13)8-14-11-5-3-6-12(11)15(16)18-14/h1-2,4,7,11-12,14-15H,3,5-6,8-9H2. The van der Waals surface area contributed by atoms with E-state index in [1.165, 1.54) is 19.3 Å². The van der Waals surface area contributed by atoms with Crippen molar-refractivity contribution >= 4 is 0 Å². The topological polar surface area (TPSA) is 27.7 Å². The number of hydrogen-bond donors (Lipinski definition) is 0. The molecular weight excluding hydrogens is 240 g/mol. The number of para-hydroxylation sites is 1. The van der Waals surface area contributed by atoms with Crippen molar-refractivity contribution < 1.29 is 14.2 Å². The van der Waals surface area contributed by atoms with Crippen molar-refractivity contribution in [2.45, 2.75) is 50.3 Å². The quantitative estimate of drug-likeness (QED) is 0.716. The van der Waals surface area contributed by atoms with Gasteiger partial charge in [0, 0.05) is 12.0 Å². The molecule has 3 heteroatoms. The van der Waals surface area contributed by atoms with Crippen molar-refractivity contribution in [1.82, 2.24) is 0 Å². The first-order valence-corrected chi connectivity index (χ1v) is 7.42. The predicted molar refractivity (Wildman–Crippen MR) is 68.7 cm³/mol. The molecule has 1 saturated carbocycles. The van der Waals surface area contributed by atoms with Gasteiger partial charge in [0.15, 0.2) is 0 Å². The zero-order valence-electron chi connectivity index (χ0n) is 10.9. The normalized spacial score (nSPS) is 46.1. The highest BCUT2D eigenvalue weighted by Crippen LogP contribution is 2.57. The van der Waals surface area contributed by atoms with Crippen LogP contribution in [-0.2, 0) is 16.1 Å². The highest BCUT2D eigenvalue weighted by molar-refractivity contribution is 5.35. The SMILES string of the molecule is c1ccc2c(c1)COC1(CC3OC1C1CCCC31)O2. The molecule has 0 N–H and O–H groups in total. The van der Waals surface area contributed by atoms with E-state index in [2.05, 4.69) is 12.1 Å². The Hall–Kier alpha value is -1.06. The summed E-state index contributed by atoms with van der Waals surface area (Å²) in [5.41, 5.74) is 1.15. The summed E-state index contributed by atoms with van der Waals surface area (Å²) < 4.78 is 18.6. The van der Waals surface area contributed by atoms with Crippen LogP contribution in [0, 0.1) is 11.8 Å². The van der Waals surface area contributed by atoms with E-state index in [0.717, 1.165) is 23.7 Å². The molecule has 3 fully saturated rings. The van der Waals surface area contributed by atoms with Crippen LogP contribution >= 0.6 is 0 Å². The maximum Gasteiger partial charge on any atom is 0.240 e. The average Bonchev–Trinajstić information content (AvgIpc) is 3.09. The summed E-state index contributed by atoms with van der Waals surface area (Å²) in [6.07, 6.45) is 5.38. The van der Waals surface area contributed by atoms with Crippen LogP contribution in [0.5, 0.6) is 5.75 Å². The predicted octanol–water partition coefficient (Wildman–Crippen LogP) is 2.88. The summed E-state index contributed by atoms with van der Waals surface area (Å²) >= 11 is 0. The van der Waals surface area contributed by atoms with Crippen LogP contribution < -0.4 is 4.74 Å². The fourth-order valence-electron chi connectivity index (χ4n) is 4.65. The molecule has 2 saturated heterocycles. The lowest BCUT2D eigenvalue weighted by Gasteiger charge is -2.42. The summed E-state index contributed by atoms with van der Waals surface area (Å²) in [6, 6.07) is 8.20. The van der Waals surface area contributed by atoms with Gasteiger partial charge in [-0.15, -0.1) is 0 Å². The van der Waals surface area contributed by atoms with E-state index in [0.29, 0.717) is 18.6 Å². The molecule has 100 valence electrons. The van der Waals surface area contributed by atoms with Gasteiger partial charge < -0.3 is 14.2 Å². The zero-order chi connectivity index (χ0) is 12.4. The van der Waals surface area contributed by atoms with Gasteiger partial charge in [-0.05, 0) is 30.7 Å². The molecule has 1 aromatic carbocycles. The van der Waals surface area contributed by atoms with Crippen molar-refractivity contribution in [3.05, 3.63) is 29.8 Å². The largest absolute Gasteiger partial charge is 0.459 e. The van der Waals surface area contributed by atoms with E-state index in [-0.39, 0.29) is 6.10 Å². The molecule has 0 radical (unpaired) electrons. The van der Waals surface area contributed by atoms with Crippen LogP contribution in [0.1, 0.15) is 31.2 Å². The molecule has 1 spiro atoms. The Morgan fingerprint density at radius 3 is 3.00 bits per heavy atom. The molecule has 3 nitrogen and oxygen atoms in total. The second-order valence-electron chi connectivity index (χ2n) is 6.37. The van der Waals surface area contributed by atoms with Crippen molar-refractivity contribution in [2.75, 3.05) is 0 Å². The summed E-state index contributed by atoms with van der Waals surface area (Å²) in [7, 11) is 0. The van der Waals surface area contributed by atoms with E-state index in [9.17, 15) is 0 Å². The second-order valence-corrected chi connectivity index (χ2v) is 6.37. The Kier molecular flexibility index (Phi) is 1.98. The second kappa shape index (κ2) is 3.53. The lowest BCUT2D eigenvalue weighted by atomic mass is 9.78. The first kappa shape index (κ1) is 10.7. The summed E-state index contributed by atoms with van der Waals surface area (Å²) in [4.78, 5) is 0. The van der Waals surface area contributed by atoms with Crippen LogP contribution in [0.2, 0.25) is 0 Å². The van der Waals surface area contributed by atoms with Crippen LogP contribution in [0.3, 0.4) is 0 Å². The summed E-state index contributed by atoms with van der Waals surface area (Å²) in [5, 5.41) is 0. The molecule has 1 aromatic rings. The minimum absolute atomic E-state index is 0.151. The van der Waals surface area contributed by atoms with E-state index in [1.54, 1.807) is 0 Å². The summed E-state index contributed by atoms with van der Waals surface area (Å²) in [6.45, 7) is 0.653. The van der Waals surface area contributed by atoms with Gasteiger partial charge in [-0.25, -0.2) is 0 Å². The molecule has 2 bridgehead atoms. The number of rotatable bonds is 0. The third kappa shape index (κ3) is 1.30. The van der Waals surface area contributed by atoms with Crippen LogP contribution in [-0.4, -0.2) is 18.0 Å². The lowest BCUT2D eigenvalue weighted by Crippen LogP contribution is -2.54. The van der Waals surface area contributed by atoms with Crippen LogP contribution in [0.15, 0.2) is 24.3 Å². The van der Waals surface area contributed by atoms with E-state index >= 15 is 0 Å². The van der Waals surface area contributed by atoms with Crippen molar-refractivity contribution in [3.8, 4) is 5.75 Å². The van der Waals surface area contributed by atoms with Gasteiger partial charge in [0.25, 0.3) is 0 Å². The highest BCUT2D eigenvalue weighted by atomic mass is 16.7. The number of benzene rings is 1. The highest BCUT2D eigenvalue weighted by Gasteiger charge is 2.65. The minimum Gasteiger partial charge on any atom is -0.459 e. The molecule has 0 aromatic heterocycles. The monoisotopic (exact) mass is 258 g/mol. The van der Waals surface area contributed by atoms with Gasteiger partial charge in [0.1, 0.15) is 11.9 Å². The molecule has 4 aliphatic rings. The number of hydrogen-bond acceptors (Lipinski definition) is 3. The third-order valence-corrected chi connectivity index (χ3v) is 5.46. The van der Waals surface area contributed by atoms with E-state index in [1.807, 2.05) is 12.1 Å². The molecule has 5 unspecified atom stereocenters. The van der Waals surface area contributed by atoms with Gasteiger partial charge in [-0.1, -0.05) is 24.6 Å². The molecular formula is C16H18O3. The maximum atomic E-state index is 6.28. The van der Waals surface area contributed by atoms with Gasteiger partial charge in [0.05, 0.1) is 12.7 Å². The van der Waals surface area contributed by atoms with Gasteiger partial charge >= 0.3 is 0 Å². The maximum absolute atomic E-state index is 6.28. The van der Waals surface area contributed by atoms with Crippen LogP contribution in [0.4, 0.5) is 0 Å². The van der Waals surface area contributed by atoms with Crippen molar-refractivity contribution in [3.63, 3.8) is 0 Å². The molecule has 1 aliphatic carbocycles. The average molecular weight is 258 g/mol. The Morgan fingerprint density at radius 2 is 2.00 bits per heavy atom. The first-order valence-electron chi connectivity index (χ1n) is 7.42. The third-order valence-electron chi connectivity index (χ3n) is 5.46. The van der Waals surface area contributed by atoms with E-state index in [4.69, 9.17) is 14.2 Å². The first-order chi connectivity index (χ1) is 9.36. The van der Waals surface area contributed by atoms with Gasteiger partial charge in [0.2, 0.25) is 5.79 Å². The van der Waals surface area contributed by atoms with Crippen molar-refractivity contribution in [2.24, 2.45) is 11.8 Å². The molecule has 5 rings (SSSR count). The fraction of sp³-hybridized carbons (Fsp3) is 0.625. The zero-order valence-corrected chi connectivity index (χ0v) is 10.9. The van der Waals surface area contributed by atoms with Crippen molar-refractivity contribution in [1.29, 1.82) is 0 Å². The Labute approximate surface area is 112 Å². The minimum atomic E-state index is -0.496. The lowest BCUT2D eigenvalue weighted by molar-refractivity contribution is -0.240. The van der Waals surface area contributed by atoms with E-state index < -0.39 is 5.79 Å². The fourth-order valence-corrected chi connectivity index (χ4v) is 4.65. The summed E-state index contributed by atoms with van der Waals surface area (Å²) in [5.74, 6) is 1.91. The van der Waals surface area contributed by atoms with Crippen LogP contribution in [0.25, 0.3) is 0 Å². The smallest absolute Gasteiger partial charge is 0.240 e. The Morgan fingerprint density at radius 1 is 1.11 bits per heavy atom. The number of fused-ring (bicyclic) bond motifs is 7. The Bertz CT molecular complexity index is 528. The van der Waals surface area contributed by atoms with Gasteiger partial charge in [-0.3, -0.25) is 0 Å². The molecule has 0 amide bonds. The number of ether oxygens (including phenoxy) is 3. The molecule has 3 aliphatic heterocycles. The molecule has 19 heavy (non-hydrogen) atoms.